The summed E-state index contributed by atoms with van der Waals surface area (Å²) in [4.78, 5) is 13.8. The minimum atomic E-state index is 0.614. The number of fused-ring (bicyclic) bond motifs is 1. The average molecular weight is 445 g/mol. The van der Waals surface area contributed by atoms with E-state index in [1.165, 1.54) is 0 Å². The van der Waals surface area contributed by atoms with Crippen LogP contribution in [0.25, 0.3) is 16.9 Å². The highest BCUT2D eigenvalue weighted by molar-refractivity contribution is 5.63. The summed E-state index contributed by atoms with van der Waals surface area (Å²) in [5.74, 6) is 2.45. The summed E-state index contributed by atoms with van der Waals surface area (Å²) in [6.07, 6.45) is 4.16. The largest absolute Gasteiger partial charge is 0.497 e. The van der Waals surface area contributed by atoms with Gasteiger partial charge in [0.15, 0.2) is 11.5 Å². The van der Waals surface area contributed by atoms with Crippen molar-refractivity contribution in [2.75, 3.05) is 52.3 Å². The maximum atomic E-state index is 5.74. The Hall–Kier alpha value is -3.65. The van der Waals surface area contributed by atoms with E-state index < -0.39 is 0 Å². The third kappa shape index (κ3) is 4.34. The molecule has 0 saturated carbocycles. The van der Waals surface area contributed by atoms with Crippen molar-refractivity contribution >= 4 is 11.3 Å². The number of piperazine rings is 1. The van der Waals surface area contributed by atoms with Crippen LogP contribution in [0, 0.1) is 0 Å². The smallest absolute Gasteiger partial charge is 0.174 e. The van der Waals surface area contributed by atoms with Gasteiger partial charge in [0, 0.05) is 38.2 Å². The molecule has 0 bridgehead atoms. The molecule has 1 aliphatic rings. The summed E-state index contributed by atoms with van der Waals surface area (Å²) in [5.41, 5.74) is 4.86. The molecule has 0 atom stereocenters. The van der Waals surface area contributed by atoms with Crippen molar-refractivity contribution in [2.24, 2.45) is 0 Å². The molecule has 0 radical (unpaired) electrons. The fraction of sp³-hybridized carbons (Fsp3) is 0.320. The van der Waals surface area contributed by atoms with Crippen LogP contribution in [0.15, 0.2) is 54.9 Å². The predicted octanol–water partition coefficient (Wildman–Crippen LogP) is 3.15. The van der Waals surface area contributed by atoms with Crippen LogP contribution in [0.2, 0.25) is 0 Å². The molecule has 1 fully saturated rings. The lowest BCUT2D eigenvalue weighted by molar-refractivity contribution is 0.311. The van der Waals surface area contributed by atoms with E-state index in [4.69, 9.17) is 19.6 Å². The number of likely N-dealkylation sites (N-methyl/N-ethyl adjacent to an activating group) is 1. The van der Waals surface area contributed by atoms with E-state index in [1.807, 2.05) is 28.8 Å². The second-order valence-electron chi connectivity index (χ2n) is 8.29. The Morgan fingerprint density at radius 1 is 0.909 bits per heavy atom. The molecule has 0 amide bonds. The summed E-state index contributed by atoms with van der Waals surface area (Å²) in [6, 6.07) is 14.3. The zero-order valence-electron chi connectivity index (χ0n) is 19.2. The van der Waals surface area contributed by atoms with Gasteiger partial charge in [-0.15, -0.1) is 0 Å². The SMILES string of the molecule is COc1ccc(-c2cncc3nc(Cc4ccc(N5CCN(C)CC5)c(OC)c4)nn23)cc1. The van der Waals surface area contributed by atoms with Gasteiger partial charge in [0.2, 0.25) is 0 Å². The van der Waals surface area contributed by atoms with Crippen molar-refractivity contribution in [1.29, 1.82) is 0 Å². The van der Waals surface area contributed by atoms with Crippen molar-refractivity contribution in [2.45, 2.75) is 6.42 Å². The molecule has 8 nitrogen and oxygen atoms in total. The van der Waals surface area contributed by atoms with Gasteiger partial charge in [-0.1, -0.05) is 6.07 Å². The lowest BCUT2D eigenvalue weighted by Crippen LogP contribution is -2.44. The van der Waals surface area contributed by atoms with E-state index in [0.29, 0.717) is 6.42 Å². The molecular weight excluding hydrogens is 416 g/mol. The second kappa shape index (κ2) is 9.07. The Morgan fingerprint density at radius 2 is 1.70 bits per heavy atom. The number of ether oxygens (including phenoxy) is 2. The first kappa shape index (κ1) is 21.2. The summed E-state index contributed by atoms with van der Waals surface area (Å²) in [7, 11) is 5.55. The number of methoxy groups -OCH3 is 2. The van der Waals surface area contributed by atoms with Crippen LogP contribution >= 0.6 is 0 Å². The predicted molar refractivity (Wildman–Crippen MR) is 128 cm³/mol. The van der Waals surface area contributed by atoms with Gasteiger partial charge in [-0.05, 0) is 49.0 Å². The van der Waals surface area contributed by atoms with Crippen molar-refractivity contribution in [1.82, 2.24) is 24.5 Å². The Balaban J connectivity index is 1.41. The Labute approximate surface area is 193 Å². The first-order chi connectivity index (χ1) is 16.1. The van der Waals surface area contributed by atoms with E-state index in [-0.39, 0.29) is 0 Å². The van der Waals surface area contributed by atoms with Gasteiger partial charge in [0.25, 0.3) is 0 Å². The van der Waals surface area contributed by atoms with Crippen LogP contribution in [-0.4, -0.2) is 71.9 Å². The minimum Gasteiger partial charge on any atom is -0.497 e. The molecule has 33 heavy (non-hydrogen) atoms. The topological polar surface area (TPSA) is 68.0 Å². The van der Waals surface area contributed by atoms with Crippen LogP contribution in [0.5, 0.6) is 11.5 Å². The molecule has 2 aromatic heterocycles. The van der Waals surface area contributed by atoms with E-state index in [2.05, 4.69) is 40.0 Å². The molecule has 4 aromatic rings. The molecular formula is C25H28N6O2. The van der Waals surface area contributed by atoms with Gasteiger partial charge in [0.05, 0.1) is 38.0 Å². The quantitative estimate of drug-likeness (QED) is 0.453. The highest BCUT2D eigenvalue weighted by Crippen LogP contribution is 2.31. The first-order valence-electron chi connectivity index (χ1n) is 11.1. The number of nitrogens with zero attached hydrogens (tertiary/aromatic N) is 6. The summed E-state index contributed by atoms with van der Waals surface area (Å²) in [6.45, 7) is 4.12. The normalized spacial score (nSPS) is 14.6. The maximum Gasteiger partial charge on any atom is 0.174 e. The van der Waals surface area contributed by atoms with Crippen LogP contribution in [0.4, 0.5) is 5.69 Å². The van der Waals surface area contributed by atoms with Gasteiger partial charge in [-0.3, -0.25) is 4.98 Å². The van der Waals surface area contributed by atoms with Crippen molar-refractivity contribution in [3.05, 3.63) is 66.2 Å². The van der Waals surface area contributed by atoms with Gasteiger partial charge in [0.1, 0.15) is 11.5 Å². The van der Waals surface area contributed by atoms with Gasteiger partial charge < -0.3 is 19.3 Å². The maximum absolute atomic E-state index is 5.74. The zero-order valence-corrected chi connectivity index (χ0v) is 19.2. The summed E-state index contributed by atoms with van der Waals surface area (Å²) >= 11 is 0. The third-order valence-corrected chi connectivity index (χ3v) is 6.13. The third-order valence-electron chi connectivity index (χ3n) is 6.13. The Kier molecular flexibility index (Phi) is 5.83. The molecule has 3 heterocycles. The highest BCUT2D eigenvalue weighted by Gasteiger charge is 2.18. The lowest BCUT2D eigenvalue weighted by atomic mass is 10.1. The van der Waals surface area contributed by atoms with Gasteiger partial charge in [-0.2, -0.15) is 5.10 Å². The van der Waals surface area contributed by atoms with Gasteiger partial charge >= 0.3 is 0 Å². The lowest BCUT2D eigenvalue weighted by Gasteiger charge is -2.34. The molecule has 1 aliphatic heterocycles. The minimum absolute atomic E-state index is 0.614. The number of anilines is 1. The number of benzene rings is 2. The number of aromatic nitrogens is 4. The standard InChI is InChI=1S/C25H28N6O2/c1-29-10-12-30(13-11-29)21-9-4-18(14-23(21)33-3)15-24-27-25-17-26-16-22(31(25)28-24)19-5-7-20(32-2)8-6-19/h4-9,14,16-17H,10-13,15H2,1-3H3. The number of hydrogen-bond acceptors (Lipinski definition) is 7. The molecule has 2 aromatic carbocycles. The Bertz CT molecular complexity index is 1250. The zero-order chi connectivity index (χ0) is 22.8. The van der Waals surface area contributed by atoms with Crippen LogP contribution in [0.3, 0.4) is 0 Å². The van der Waals surface area contributed by atoms with Crippen LogP contribution in [0.1, 0.15) is 11.4 Å². The van der Waals surface area contributed by atoms with Crippen LogP contribution < -0.4 is 14.4 Å². The van der Waals surface area contributed by atoms with Crippen molar-refractivity contribution < 1.29 is 9.47 Å². The second-order valence-corrected chi connectivity index (χ2v) is 8.29. The fourth-order valence-electron chi connectivity index (χ4n) is 4.22. The molecule has 0 aliphatic carbocycles. The van der Waals surface area contributed by atoms with E-state index >= 15 is 0 Å². The van der Waals surface area contributed by atoms with Crippen LogP contribution in [-0.2, 0) is 6.42 Å². The molecule has 1 saturated heterocycles. The van der Waals surface area contributed by atoms with Crippen molar-refractivity contribution in [3.8, 4) is 22.8 Å². The summed E-state index contributed by atoms with van der Waals surface area (Å²) < 4.78 is 12.9. The molecule has 5 rings (SSSR count). The fourth-order valence-corrected chi connectivity index (χ4v) is 4.22. The Morgan fingerprint density at radius 3 is 2.42 bits per heavy atom. The van der Waals surface area contributed by atoms with E-state index in [9.17, 15) is 0 Å². The average Bonchev–Trinajstić information content (AvgIpc) is 3.27. The van der Waals surface area contributed by atoms with E-state index in [0.717, 1.165) is 71.7 Å². The number of hydrogen-bond donors (Lipinski definition) is 0. The molecule has 0 spiro atoms. The monoisotopic (exact) mass is 444 g/mol. The highest BCUT2D eigenvalue weighted by atomic mass is 16.5. The molecule has 0 unspecified atom stereocenters. The molecule has 0 N–H and O–H groups in total. The number of rotatable bonds is 6. The van der Waals surface area contributed by atoms with Gasteiger partial charge in [-0.25, -0.2) is 9.50 Å². The van der Waals surface area contributed by atoms with Crippen molar-refractivity contribution in [3.63, 3.8) is 0 Å². The summed E-state index contributed by atoms with van der Waals surface area (Å²) in [5, 5.41) is 4.78. The first-order valence-corrected chi connectivity index (χ1v) is 11.1. The van der Waals surface area contributed by atoms with E-state index in [1.54, 1.807) is 26.6 Å². The molecule has 170 valence electrons. The molecule has 8 heteroatoms.